The summed E-state index contributed by atoms with van der Waals surface area (Å²) in [6, 6.07) is 6.46. The van der Waals surface area contributed by atoms with Crippen molar-refractivity contribution >= 4 is 22.8 Å². The third-order valence-corrected chi connectivity index (χ3v) is 3.91. The molecule has 3 N–H and O–H groups in total. The van der Waals surface area contributed by atoms with Crippen LogP contribution >= 0.6 is 0 Å². The largest absolute Gasteiger partial charge is 0.463 e. The third-order valence-electron chi connectivity index (χ3n) is 3.91. The number of nitrogens with zero attached hydrogens (tertiary/aromatic N) is 1. The molecule has 0 spiro atoms. The normalized spacial score (nSPS) is 11.8. The number of aromatic nitrogens is 1. The van der Waals surface area contributed by atoms with Gasteiger partial charge >= 0.3 is 5.97 Å². The lowest BCUT2D eigenvalue weighted by Crippen LogP contribution is -2.38. The van der Waals surface area contributed by atoms with E-state index in [1.54, 1.807) is 0 Å². The Morgan fingerprint density at radius 2 is 2.12 bits per heavy atom. The molecule has 0 fully saturated rings. The molecule has 0 bridgehead atoms. The Bertz CT molecular complexity index is 749. The van der Waals surface area contributed by atoms with Gasteiger partial charge in [0.1, 0.15) is 0 Å². The first kappa shape index (κ1) is 19.8. The summed E-state index contributed by atoms with van der Waals surface area (Å²) in [6.07, 6.45) is 3.16. The van der Waals surface area contributed by atoms with E-state index in [0.29, 0.717) is 6.54 Å². The van der Waals surface area contributed by atoms with Crippen molar-refractivity contribution in [2.45, 2.75) is 46.6 Å². The minimum Gasteiger partial charge on any atom is -0.463 e. The quantitative estimate of drug-likeness (QED) is 0.385. The predicted octanol–water partition coefficient (Wildman–Crippen LogP) is 2.92. The number of hydrogen-bond donors (Lipinski definition) is 3. The van der Waals surface area contributed by atoms with Crippen LogP contribution in [0.4, 0.5) is 0 Å². The molecule has 6 heteroatoms. The van der Waals surface area contributed by atoms with Crippen LogP contribution in [0.25, 0.3) is 10.9 Å². The van der Waals surface area contributed by atoms with Crippen LogP contribution in [0.2, 0.25) is 0 Å². The fourth-order valence-corrected chi connectivity index (χ4v) is 2.75. The lowest BCUT2D eigenvalue weighted by molar-refractivity contribution is -0.147. The van der Waals surface area contributed by atoms with E-state index in [-0.39, 0.29) is 18.5 Å². The maximum atomic E-state index is 11.6. The van der Waals surface area contributed by atoms with Crippen LogP contribution in [0.5, 0.6) is 0 Å². The van der Waals surface area contributed by atoms with Crippen LogP contribution in [0.1, 0.15) is 38.3 Å². The zero-order chi connectivity index (χ0) is 18.9. The highest BCUT2D eigenvalue weighted by Crippen LogP contribution is 2.19. The minimum absolute atomic E-state index is 0.0854. The zero-order valence-electron chi connectivity index (χ0n) is 16.2. The molecule has 26 heavy (non-hydrogen) atoms. The second kappa shape index (κ2) is 9.85. The number of benzene rings is 1. The first-order chi connectivity index (χ1) is 12.5. The smallest absolute Gasteiger partial charge is 0.307 e. The average Bonchev–Trinajstić information content (AvgIpc) is 2.96. The zero-order valence-corrected chi connectivity index (χ0v) is 16.2. The Balaban J connectivity index is 1.85. The summed E-state index contributed by atoms with van der Waals surface area (Å²) in [4.78, 5) is 19.3. The topological polar surface area (TPSA) is 78.5 Å². The number of aromatic amines is 1. The molecule has 142 valence electrons. The van der Waals surface area contributed by atoms with Crippen molar-refractivity contribution < 1.29 is 9.53 Å². The van der Waals surface area contributed by atoms with E-state index in [9.17, 15) is 4.79 Å². The Morgan fingerprint density at radius 3 is 2.85 bits per heavy atom. The van der Waals surface area contributed by atoms with Crippen LogP contribution in [0.15, 0.2) is 29.4 Å². The van der Waals surface area contributed by atoms with E-state index in [0.717, 1.165) is 25.5 Å². The van der Waals surface area contributed by atoms with Gasteiger partial charge in [-0.1, -0.05) is 12.1 Å². The molecule has 6 nitrogen and oxygen atoms in total. The second-order valence-electron chi connectivity index (χ2n) is 6.59. The standard InChI is InChI=1S/C20H30N4O2/c1-5-21-20(23-11-9-19(25)26-14(2)3)22-10-8-16-13-24-18-12-15(4)6-7-17(16)18/h6-7,12-14,24H,5,8-11H2,1-4H3,(H2,21,22,23). The highest BCUT2D eigenvalue weighted by atomic mass is 16.5. The number of nitrogens with one attached hydrogen (secondary N) is 3. The van der Waals surface area contributed by atoms with Gasteiger partial charge in [-0.3, -0.25) is 9.79 Å². The van der Waals surface area contributed by atoms with E-state index >= 15 is 0 Å². The summed E-state index contributed by atoms with van der Waals surface area (Å²) in [5.74, 6) is 0.509. The van der Waals surface area contributed by atoms with Crippen LogP contribution in [-0.2, 0) is 16.0 Å². The van der Waals surface area contributed by atoms with Crippen LogP contribution in [0, 0.1) is 6.92 Å². The lowest BCUT2D eigenvalue weighted by atomic mass is 10.1. The molecule has 0 aliphatic carbocycles. The number of rotatable bonds is 8. The van der Waals surface area contributed by atoms with Gasteiger partial charge in [-0.25, -0.2) is 0 Å². The molecule has 0 unspecified atom stereocenters. The van der Waals surface area contributed by atoms with Crippen LogP contribution in [-0.4, -0.2) is 42.7 Å². The van der Waals surface area contributed by atoms with Gasteiger partial charge in [0.25, 0.3) is 0 Å². The van der Waals surface area contributed by atoms with Crippen molar-refractivity contribution in [3.05, 3.63) is 35.5 Å². The number of aliphatic imine (C=N–C) groups is 1. The van der Waals surface area contributed by atoms with Gasteiger partial charge in [0.15, 0.2) is 5.96 Å². The highest BCUT2D eigenvalue weighted by molar-refractivity contribution is 5.84. The first-order valence-electron chi connectivity index (χ1n) is 9.28. The van der Waals surface area contributed by atoms with Crippen molar-refractivity contribution in [2.75, 3.05) is 19.6 Å². The number of H-pyrrole nitrogens is 1. The van der Waals surface area contributed by atoms with E-state index in [1.807, 2.05) is 20.8 Å². The number of esters is 1. The van der Waals surface area contributed by atoms with Crippen molar-refractivity contribution in [1.29, 1.82) is 0 Å². The second-order valence-corrected chi connectivity index (χ2v) is 6.59. The van der Waals surface area contributed by atoms with Crippen LogP contribution < -0.4 is 10.6 Å². The molecule has 1 aromatic carbocycles. The Kier molecular flexibility index (Phi) is 7.51. The Morgan fingerprint density at radius 1 is 1.31 bits per heavy atom. The maximum absolute atomic E-state index is 11.6. The number of guanidine groups is 1. The molecule has 0 radical (unpaired) electrons. The molecule has 0 amide bonds. The number of aryl methyl sites for hydroxylation is 1. The van der Waals surface area contributed by atoms with E-state index in [2.05, 4.69) is 51.9 Å². The van der Waals surface area contributed by atoms with Crippen molar-refractivity contribution in [3.8, 4) is 0 Å². The molecule has 0 saturated carbocycles. The number of ether oxygens (including phenoxy) is 1. The minimum atomic E-state index is -0.214. The van der Waals surface area contributed by atoms with Gasteiger partial charge in [0, 0.05) is 30.2 Å². The summed E-state index contributed by atoms with van der Waals surface area (Å²) in [6.45, 7) is 9.76. The molecular formula is C20H30N4O2. The molecular weight excluding hydrogens is 328 g/mol. The molecule has 1 heterocycles. The molecule has 0 aliphatic rings. The van der Waals surface area contributed by atoms with Gasteiger partial charge in [-0.15, -0.1) is 0 Å². The van der Waals surface area contributed by atoms with Gasteiger partial charge in [-0.2, -0.15) is 0 Å². The fraction of sp³-hybridized carbons (Fsp3) is 0.500. The molecule has 0 saturated heterocycles. The molecule has 2 aromatic rings. The van der Waals surface area contributed by atoms with Gasteiger partial charge in [0.05, 0.1) is 19.1 Å². The molecule has 2 rings (SSSR count). The van der Waals surface area contributed by atoms with Gasteiger partial charge < -0.3 is 20.4 Å². The first-order valence-corrected chi connectivity index (χ1v) is 9.28. The number of hydrogen-bond acceptors (Lipinski definition) is 3. The van der Waals surface area contributed by atoms with E-state index < -0.39 is 0 Å². The summed E-state index contributed by atoms with van der Waals surface area (Å²) >= 11 is 0. The molecule has 0 aliphatic heterocycles. The number of fused-ring (bicyclic) bond motifs is 1. The average molecular weight is 358 g/mol. The summed E-state index contributed by atoms with van der Waals surface area (Å²) < 4.78 is 5.12. The SMILES string of the molecule is CCNC(=NCCC(=O)OC(C)C)NCCc1c[nH]c2cc(C)ccc12. The lowest BCUT2D eigenvalue weighted by Gasteiger charge is -2.11. The third kappa shape index (κ3) is 6.10. The van der Waals surface area contributed by atoms with Crippen molar-refractivity contribution in [1.82, 2.24) is 15.6 Å². The van der Waals surface area contributed by atoms with Crippen LogP contribution in [0.3, 0.4) is 0 Å². The van der Waals surface area contributed by atoms with Crippen molar-refractivity contribution in [2.24, 2.45) is 4.99 Å². The predicted molar refractivity (Wildman–Crippen MR) is 107 cm³/mol. The molecule has 1 aromatic heterocycles. The van der Waals surface area contributed by atoms with Crippen molar-refractivity contribution in [3.63, 3.8) is 0 Å². The Hall–Kier alpha value is -2.50. The number of carbonyl (C=O) groups is 1. The van der Waals surface area contributed by atoms with E-state index in [4.69, 9.17) is 4.74 Å². The fourth-order valence-electron chi connectivity index (χ4n) is 2.75. The van der Waals surface area contributed by atoms with E-state index in [1.165, 1.54) is 22.0 Å². The number of carbonyl (C=O) groups excluding carboxylic acids is 1. The Labute approximate surface area is 155 Å². The highest BCUT2D eigenvalue weighted by Gasteiger charge is 2.06. The van der Waals surface area contributed by atoms with Gasteiger partial charge in [-0.05, 0) is 51.3 Å². The summed E-state index contributed by atoms with van der Waals surface area (Å²) in [5, 5.41) is 7.78. The summed E-state index contributed by atoms with van der Waals surface area (Å²) in [7, 11) is 0. The summed E-state index contributed by atoms with van der Waals surface area (Å²) in [5.41, 5.74) is 3.70. The maximum Gasteiger partial charge on any atom is 0.307 e. The molecule has 0 atom stereocenters. The monoisotopic (exact) mass is 358 g/mol. The van der Waals surface area contributed by atoms with Gasteiger partial charge in [0.2, 0.25) is 0 Å².